The largest absolute Gasteiger partial charge is 0.505 e. The van der Waals surface area contributed by atoms with Crippen LogP contribution < -0.4 is 9.47 Å². The zero-order valence-electron chi connectivity index (χ0n) is 24.0. The molecular weight excluding hydrogens is 524 g/mol. The van der Waals surface area contributed by atoms with Crippen molar-refractivity contribution in [1.29, 1.82) is 0 Å². The van der Waals surface area contributed by atoms with E-state index in [9.17, 15) is 14.7 Å². The molecule has 1 amide bonds. The van der Waals surface area contributed by atoms with Crippen molar-refractivity contribution < 1.29 is 28.9 Å². The van der Waals surface area contributed by atoms with E-state index in [1.54, 1.807) is 22.4 Å². The maximum absolute atomic E-state index is 13.6. The second-order valence-corrected chi connectivity index (χ2v) is 10.3. The average Bonchev–Trinajstić information content (AvgIpc) is 3.45. The van der Waals surface area contributed by atoms with Crippen LogP contribution in [0.2, 0.25) is 0 Å². The Bertz CT molecular complexity index is 1440. The van der Waals surface area contributed by atoms with Crippen molar-refractivity contribution in [2.24, 2.45) is 0 Å². The Kier molecular flexibility index (Phi) is 8.90. The Labute approximate surface area is 240 Å². The number of hydrogen-bond acceptors (Lipinski definition) is 8. The van der Waals surface area contributed by atoms with Gasteiger partial charge in [0, 0.05) is 32.4 Å². The molecule has 10 nitrogen and oxygen atoms in total. The van der Waals surface area contributed by atoms with Crippen LogP contribution in [0, 0.1) is 6.92 Å². The highest BCUT2D eigenvalue weighted by molar-refractivity contribution is 6.46. The van der Waals surface area contributed by atoms with Crippen LogP contribution in [-0.2, 0) is 14.3 Å². The molecule has 10 heteroatoms. The molecule has 3 aromatic rings. The number of ketones is 1. The topological polar surface area (TPSA) is 106 Å². The lowest BCUT2D eigenvalue weighted by Gasteiger charge is -2.29. The summed E-state index contributed by atoms with van der Waals surface area (Å²) in [5.41, 5.74) is 2.30. The molecule has 41 heavy (non-hydrogen) atoms. The van der Waals surface area contributed by atoms with Crippen molar-refractivity contribution in [1.82, 2.24) is 19.2 Å². The molecule has 0 aliphatic carbocycles. The third-order valence-corrected chi connectivity index (χ3v) is 7.49. The fourth-order valence-corrected chi connectivity index (χ4v) is 5.57. The minimum absolute atomic E-state index is 0.0415. The number of imidazole rings is 1. The van der Waals surface area contributed by atoms with Crippen LogP contribution in [0.1, 0.15) is 49.7 Å². The van der Waals surface area contributed by atoms with Gasteiger partial charge in [0.15, 0.2) is 17.3 Å². The smallest absolute Gasteiger partial charge is 0.295 e. The summed E-state index contributed by atoms with van der Waals surface area (Å²) in [6.07, 6.45) is 3.30. The van der Waals surface area contributed by atoms with Crippen LogP contribution in [0.15, 0.2) is 48.2 Å². The molecule has 2 saturated heterocycles. The van der Waals surface area contributed by atoms with E-state index in [0.717, 1.165) is 26.1 Å². The van der Waals surface area contributed by atoms with Crippen molar-refractivity contribution in [3.63, 3.8) is 0 Å². The number of benzene rings is 1. The number of nitrogens with zero attached hydrogens (tertiary/aromatic N) is 4. The molecule has 0 spiro atoms. The number of pyridine rings is 1. The maximum Gasteiger partial charge on any atom is 0.295 e. The summed E-state index contributed by atoms with van der Waals surface area (Å²) in [6, 6.07) is 10.2. The molecule has 2 aromatic heterocycles. The highest BCUT2D eigenvalue weighted by atomic mass is 16.5. The zero-order chi connectivity index (χ0) is 28.9. The van der Waals surface area contributed by atoms with Crippen LogP contribution in [-0.4, -0.2) is 88.6 Å². The van der Waals surface area contributed by atoms with Crippen molar-refractivity contribution >= 4 is 23.1 Å². The number of ether oxygens (including phenoxy) is 3. The fourth-order valence-electron chi connectivity index (χ4n) is 5.57. The summed E-state index contributed by atoms with van der Waals surface area (Å²) in [5.74, 6) is -0.463. The van der Waals surface area contributed by atoms with Gasteiger partial charge in [-0.15, -0.1) is 0 Å². The van der Waals surface area contributed by atoms with Gasteiger partial charge in [-0.1, -0.05) is 19.1 Å². The predicted octanol–water partition coefficient (Wildman–Crippen LogP) is 3.97. The van der Waals surface area contributed by atoms with Crippen LogP contribution in [0.3, 0.4) is 0 Å². The summed E-state index contributed by atoms with van der Waals surface area (Å²) >= 11 is 0. The summed E-state index contributed by atoms with van der Waals surface area (Å²) in [4.78, 5) is 35.6. The quantitative estimate of drug-likeness (QED) is 0.213. The van der Waals surface area contributed by atoms with E-state index in [4.69, 9.17) is 14.2 Å². The number of hydrogen-bond donors (Lipinski definition) is 1. The number of carbonyl (C=O) groups excluding carboxylic acids is 2. The number of fused-ring (bicyclic) bond motifs is 1. The first-order valence-corrected chi connectivity index (χ1v) is 14.4. The van der Waals surface area contributed by atoms with Gasteiger partial charge in [0.25, 0.3) is 11.7 Å². The Morgan fingerprint density at radius 1 is 1.07 bits per heavy atom. The molecule has 218 valence electrons. The molecule has 1 unspecified atom stereocenters. The third kappa shape index (κ3) is 5.80. The number of aryl methyl sites for hydroxylation is 1. The molecule has 2 aliphatic rings. The van der Waals surface area contributed by atoms with Crippen molar-refractivity contribution in [3.8, 4) is 11.5 Å². The van der Waals surface area contributed by atoms with Crippen molar-refractivity contribution in [2.45, 2.75) is 39.7 Å². The summed E-state index contributed by atoms with van der Waals surface area (Å²) in [5, 5.41) is 11.7. The van der Waals surface area contributed by atoms with Gasteiger partial charge in [0.1, 0.15) is 11.3 Å². The Morgan fingerprint density at radius 3 is 2.63 bits per heavy atom. The van der Waals surface area contributed by atoms with Gasteiger partial charge >= 0.3 is 0 Å². The van der Waals surface area contributed by atoms with E-state index < -0.39 is 17.7 Å². The number of Topliss-reactive ketones (excluding diaryl/α,β-unsaturated/α-hetero) is 1. The summed E-state index contributed by atoms with van der Waals surface area (Å²) in [6.45, 7) is 10.9. The van der Waals surface area contributed by atoms with Gasteiger partial charge in [0.2, 0.25) is 0 Å². The fraction of sp³-hybridized carbons (Fsp3) is 0.452. The van der Waals surface area contributed by atoms with E-state index in [-0.39, 0.29) is 11.3 Å². The van der Waals surface area contributed by atoms with E-state index in [0.29, 0.717) is 73.5 Å². The number of amides is 1. The second kappa shape index (κ2) is 12.7. The number of aromatic nitrogens is 2. The summed E-state index contributed by atoms with van der Waals surface area (Å²) < 4.78 is 19.0. The van der Waals surface area contributed by atoms with Gasteiger partial charge in [-0.2, -0.15) is 0 Å². The lowest BCUT2D eigenvalue weighted by Crippen LogP contribution is -2.39. The van der Waals surface area contributed by atoms with Gasteiger partial charge in [-0.25, -0.2) is 4.98 Å². The SMILES string of the molecule is CCCOc1ccc(C2C(=C(O)c3c(C)nc4ccccn34)C(=O)C(=O)N2CCCN2CCOCC2)cc1OCC. The Morgan fingerprint density at radius 2 is 1.88 bits per heavy atom. The Balaban J connectivity index is 1.58. The first-order chi connectivity index (χ1) is 19.9. The third-order valence-electron chi connectivity index (χ3n) is 7.49. The zero-order valence-corrected chi connectivity index (χ0v) is 24.0. The first-order valence-electron chi connectivity index (χ1n) is 14.4. The normalized spacial score (nSPS) is 19.3. The van der Waals surface area contributed by atoms with Gasteiger partial charge < -0.3 is 24.2 Å². The molecule has 0 saturated carbocycles. The number of rotatable bonds is 11. The molecule has 1 N–H and O–H groups in total. The van der Waals surface area contributed by atoms with E-state index in [2.05, 4.69) is 9.88 Å². The monoisotopic (exact) mass is 562 g/mol. The Hall–Kier alpha value is -3.89. The molecule has 0 radical (unpaired) electrons. The number of aliphatic hydroxyl groups is 1. The molecule has 2 fully saturated rings. The standard InChI is InChI=1S/C31H38N4O6/c1-4-17-41-23-11-10-22(20-24(23)40-5-2)28-26(29(36)27-21(3)32-25-9-6-7-13-34(25)27)30(37)31(38)35(28)14-8-12-33-15-18-39-19-16-33/h6-7,9-11,13,20,28,36H,4-5,8,12,14-19H2,1-3H3. The molecular formula is C31H38N4O6. The molecule has 5 rings (SSSR count). The minimum atomic E-state index is -0.798. The van der Waals surface area contributed by atoms with E-state index in [1.807, 2.05) is 50.2 Å². The molecule has 2 aliphatic heterocycles. The van der Waals surface area contributed by atoms with Crippen LogP contribution in [0.5, 0.6) is 11.5 Å². The summed E-state index contributed by atoms with van der Waals surface area (Å²) in [7, 11) is 0. The van der Waals surface area contributed by atoms with Gasteiger partial charge in [-0.05, 0) is 56.5 Å². The van der Waals surface area contributed by atoms with E-state index >= 15 is 0 Å². The first kappa shape index (κ1) is 28.6. The molecule has 4 heterocycles. The number of morpholine rings is 1. The van der Waals surface area contributed by atoms with Gasteiger partial charge in [-0.3, -0.25) is 18.9 Å². The van der Waals surface area contributed by atoms with Crippen LogP contribution >= 0.6 is 0 Å². The predicted molar refractivity (Wildman–Crippen MR) is 154 cm³/mol. The second-order valence-electron chi connectivity index (χ2n) is 10.3. The van der Waals surface area contributed by atoms with Crippen molar-refractivity contribution in [3.05, 3.63) is 65.1 Å². The highest BCUT2D eigenvalue weighted by Crippen LogP contribution is 2.42. The number of carbonyl (C=O) groups is 2. The lowest BCUT2D eigenvalue weighted by molar-refractivity contribution is -0.140. The average molecular weight is 563 g/mol. The minimum Gasteiger partial charge on any atom is -0.505 e. The molecule has 0 bridgehead atoms. The van der Waals surface area contributed by atoms with Crippen LogP contribution in [0.4, 0.5) is 0 Å². The number of likely N-dealkylation sites (tertiary alicyclic amines) is 1. The van der Waals surface area contributed by atoms with Crippen LogP contribution in [0.25, 0.3) is 11.4 Å². The maximum atomic E-state index is 13.6. The molecule has 1 atom stereocenters. The van der Waals surface area contributed by atoms with Gasteiger partial charge in [0.05, 0.1) is 43.7 Å². The van der Waals surface area contributed by atoms with E-state index in [1.165, 1.54) is 0 Å². The molecule has 1 aromatic carbocycles. The lowest BCUT2D eigenvalue weighted by atomic mass is 9.95. The van der Waals surface area contributed by atoms with Crippen molar-refractivity contribution in [2.75, 3.05) is 52.6 Å². The number of aliphatic hydroxyl groups excluding tert-OH is 1. The highest BCUT2D eigenvalue weighted by Gasteiger charge is 2.46.